The molecule has 0 radical (unpaired) electrons. The number of ether oxygens (including phenoxy) is 1. The zero-order chi connectivity index (χ0) is 14.7. The Balaban J connectivity index is 2.13. The number of aliphatic hydroxyl groups excluding tert-OH is 1. The number of hydrogen-bond donors (Lipinski definition) is 1. The largest absolute Gasteiger partial charge is 0.489 e. The van der Waals surface area contributed by atoms with Crippen LogP contribution < -0.4 is 4.74 Å². The van der Waals surface area contributed by atoms with E-state index >= 15 is 0 Å². The molecule has 0 spiro atoms. The van der Waals surface area contributed by atoms with E-state index in [0.717, 1.165) is 11.1 Å². The first-order valence-corrected chi connectivity index (χ1v) is 6.70. The maximum atomic E-state index is 13.6. The van der Waals surface area contributed by atoms with Crippen LogP contribution in [0.2, 0.25) is 5.02 Å². The fourth-order valence-electron chi connectivity index (χ4n) is 1.90. The lowest BCUT2D eigenvalue weighted by atomic mass is 10.1. The summed E-state index contributed by atoms with van der Waals surface area (Å²) in [5.41, 5.74) is 2.13. The Bertz CT molecular complexity index is 611. The lowest BCUT2D eigenvalue weighted by Crippen LogP contribution is -2.01. The van der Waals surface area contributed by atoms with Crippen molar-refractivity contribution in [3.05, 3.63) is 63.9 Å². The SMILES string of the molecule is Cc1cc([C@H](C)O)ccc1OCc1cc(Cl)ccc1F. The number of benzene rings is 2. The van der Waals surface area contributed by atoms with E-state index in [-0.39, 0.29) is 12.4 Å². The van der Waals surface area contributed by atoms with Crippen LogP contribution in [0.1, 0.15) is 29.7 Å². The van der Waals surface area contributed by atoms with Crippen molar-refractivity contribution >= 4 is 11.6 Å². The van der Waals surface area contributed by atoms with Crippen LogP contribution in [0.5, 0.6) is 5.75 Å². The molecular formula is C16H16ClFO2. The summed E-state index contributed by atoms with van der Waals surface area (Å²) in [6.45, 7) is 3.70. The third-order valence-corrected chi connectivity index (χ3v) is 3.31. The molecule has 0 unspecified atom stereocenters. The van der Waals surface area contributed by atoms with Gasteiger partial charge in [0.15, 0.2) is 0 Å². The number of aliphatic hydroxyl groups is 1. The van der Waals surface area contributed by atoms with Crippen LogP contribution in [0.3, 0.4) is 0 Å². The summed E-state index contributed by atoms with van der Waals surface area (Å²) in [7, 11) is 0. The Morgan fingerprint density at radius 3 is 2.65 bits per heavy atom. The summed E-state index contributed by atoms with van der Waals surface area (Å²) < 4.78 is 19.2. The quantitative estimate of drug-likeness (QED) is 0.904. The highest BCUT2D eigenvalue weighted by Gasteiger charge is 2.08. The zero-order valence-corrected chi connectivity index (χ0v) is 12.1. The van der Waals surface area contributed by atoms with Gasteiger partial charge in [0.05, 0.1) is 6.10 Å². The number of halogens is 2. The van der Waals surface area contributed by atoms with Gasteiger partial charge in [-0.1, -0.05) is 17.7 Å². The van der Waals surface area contributed by atoms with E-state index in [2.05, 4.69) is 0 Å². The highest BCUT2D eigenvalue weighted by atomic mass is 35.5. The molecule has 0 aliphatic carbocycles. The van der Waals surface area contributed by atoms with Crippen LogP contribution in [0.15, 0.2) is 36.4 Å². The highest BCUT2D eigenvalue weighted by molar-refractivity contribution is 6.30. The summed E-state index contributed by atoms with van der Waals surface area (Å²) in [5.74, 6) is 0.321. The molecule has 0 aliphatic heterocycles. The van der Waals surface area contributed by atoms with Crippen molar-refractivity contribution in [3.63, 3.8) is 0 Å². The summed E-state index contributed by atoms with van der Waals surface area (Å²) in [5, 5.41) is 9.99. The second-order valence-electron chi connectivity index (χ2n) is 4.73. The van der Waals surface area contributed by atoms with Crippen molar-refractivity contribution in [2.75, 3.05) is 0 Å². The van der Waals surface area contributed by atoms with E-state index in [1.165, 1.54) is 12.1 Å². The maximum Gasteiger partial charge on any atom is 0.129 e. The van der Waals surface area contributed by atoms with Crippen molar-refractivity contribution in [3.8, 4) is 5.75 Å². The minimum Gasteiger partial charge on any atom is -0.489 e. The van der Waals surface area contributed by atoms with Crippen LogP contribution >= 0.6 is 11.6 Å². The smallest absolute Gasteiger partial charge is 0.129 e. The van der Waals surface area contributed by atoms with Crippen LogP contribution in [-0.2, 0) is 6.61 Å². The molecule has 0 saturated carbocycles. The summed E-state index contributed by atoms with van der Waals surface area (Å²) in [6.07, 6.45) is -0.520. The first-order valence-electron chi connectivity index (χ1n) is 6.32. The van der Waals surface area contributed by atoms with Gasteiger partial charge >= 0.3 is 0 Å². The molecule has 4 heteroatoms. The summed E-state index contributed by atoms with van der Waals surface area (Å²) in [4.78, 5) is 0. The molecule has 0 aromatic heterocycles. The molecule has 1 atom stereocenters. The third-order valence-electron chi connectivity index (χ3n) is 3.07. The van der Waals surface area contributed by atoms with E-state index in [0.29, 0.717) is 16.3 Å². The van der Waals surface area contributed by atoms with Gasteiger partial charge in [-0.2, -0.15) is 0 Å². The molecule has 0 bridgehead atoms. The summed E-state index contributed by atoms with van der Waals surface area (Å²) in [6, 6.07) is 9.80. The molecule has 0 aliphatic rings. The fraction of sp³-hybridized carbons (Fsp3) is 0.250. The topological polar surface area (TPSA) is 29.5 Å². The molecule has 1 N–H and O–H groups in total. The Kier molecular flexibility index (Phi) is 4.63. The molecule has 0 amide bonds. The Morgan fingerprint density at radius 1 is 1.25 bits per heavy atom. The molecule has 2 aromatic carbocycles. The Hall–Kier alpha value is -1.58. The van der Waals surface area contributed by atoms with Gasteiger partial charge in [-0.25, -0.2) is 4.39 Å². The molecule has 106 valence electrons. The Labute approximate surface area is 122 Å². The number of hydrogen-bond acceptors (Lipinski definition) is 2. The Morgan fingerprint density at radius 2 is 2.00 bits per heavy atom. The first-order chi connectivity index (χ1) is 9.47. The van der Waals surface area contributed by atoms with Crippen molar-refractivity contribution in [2.24, 2.45) is 0 Å². The van der Waals surface area contributed by atoms with Crippen molar-refractivity contribution in [1.29, 1.82) is 0 Å². The maximum absolute atomic E-state index is 13.6. The van der Waals surface area contributed by atoms with E-state index in [4.69, 9.17) is 16.3 Å². The minimum absolute atomic E-state index is 0.112. The minimum atomic E-state index is -0.520. The van der Waals surface area contributed by atoms with Crippen molar-refractivity contribution in [2.45, 2.75) is 26.6 Å². The number of rotatable bonds is 4. The molecule has 0 heterocycles. The fourth-order valence-corrected chi connectivity index (χ4v) is 2.10. The molecule has 0 fully saturated rings. The lowest BCUT2D eigenvalue weighted by Gasteiger charge is -2.12. The number of aryl methyl sites for hydroxylation is 1. The third kappa shape index (κ3) is 3.50. The first kappa shape index (κ1) is 14.8. The molecule has 2 nitrogen and oxygen atoms in total. The second-order valence-corrected chi connectivity index (χ2v) is 5.16. The predicted molar refractivity (Wildman–Crippen MR) is 77.6 cm³/mol. The van der Waals surface area contributed by atoms with Gasteiger partial charge < -0.3 is 9.84 Å². The monoisotopic (exact) mass is 294 g/mol. The van der Waals surface area contributed by atoms with E-state index in [1.54, 1.807) is 25.1 Å². The lowest BCUT2D eigenvalue weighted by molar-refractivity contribution is 0.199. The normalized spacial score (nSPS) is 12.2. The molecule has 0 saturated heterocycles. The van der Waals surface area contributed by atoms with E-state index in [1.807, 2.05) is 13.0 Å². The standard InChI is InChI=1S/C16H16ClFO2/c1-10-7-12(11(2)19)3-6-16(10)20-9-13-8-14(17)4-5-15(13)18/h3-8,11,19H,9H2,1-2H3/t11-/m0/s1. The van der Waals surface area contributed by atoms with Crippen LogP contribution in [0.4, 0.5) is 4.39 Å². The van der Waals surface area contributed by atoms with Gasteiger partial charge in [-0.3, -0.25) is 0 Å². The van der Waals surface area contributed by atoms with Crippen LogP contribution in [-0.4, -0.2) is 5.11 Å². The van der Waals surface area contributed by atoms with Gasteiger partial charge in [0, 0.05) is 10.6 Å². The van der Waals surface area contributed by atoms with E-state index < -0.39 is 6.10 Å². The highest BCUT2D eigenvalue weighted by Crippen LogP contribution is 2.24. The van der Waals surface area contributed by atoms with Crippen molar-refractivity contribution < 1.29 is 14.2 Å². The van der Waals surface area contributed by atoms with Gasteiger partial charge in [0.1, 0.15) is 18.2 Å². The van der Waals surface area contributed by atoms with Gasteiger partial charge in [-0.15, -0.1) is 0 Å². The molecular weight excluding hydrogens is 279 g/mol. The van der Waals surface area contributed by atoms with E-state index in [9.17, 15) is 9.50 Å². The predicted octanol–water partition coefficient (Wildman–Crippen LogP) is 4.42. The second kappa shape index (κ2) is 6.25. The zero-order valence-electron chi connectivity index (χ0n) is 11.4. The van der Waals surface area contributed by atoms with Crippen LogP contribution in [0.25, 0.3) is 0 Å². The summed E-state index contributed by atoms with van der Waals surface area (Å²) >= 11 is 5.84. The molecule has 2 aromatic rings. The van der Waals surface area contributed by atoms with Gasteiger partial charge in [0.25, 0.3) is 0 Å². The molecule has 2 rings (SSSR count). The van der Waals surface area contributed by atoms with Gasteiger partial charge in [0.2, 0.25) is 0 Å². The van der Waals surface area contributed by atoms with Gasteiger partial charge in [-0.05, 0) is 55.3 Å². The average molecular weight is 295 g/mol. The molecule has 20 heavy (non-hydrogen) atoms. The average Bonchev–Trinajstić information content (AvgIpc) is 2.40. The van der Waals surface area contributed by atoms with Crippen molar-refractivity contribution in [1.82, 2.24) is 0 Å². The van der Waals surface area contributed by atoms with Crippen LogP contribution in [0, 0.1) is 12.7 Å².